The SMILES string of the molecule is Cc1ccc(N(C)C(=O)[C@]2(C)CCCN2c2nc(N(C)c3cc(C4CC4)n(C)n3)c3cccn3n2)cn1. The van der Waals surface area contributed by atoms with Crippen molar-refractivity contribution in [3.63, 3.8) is 0 Å². The molecule has 10 nitrogen and oxygen atoms in total. The Morgan fingerprint density at radius 3 is 2.70 bits per heavy atom. The van der Waals surface area contributed by atoms with Gasteiger partial charge in [0.25, 0.3) is 5.91 Å². The molecule has 4 aromatic rings. The van der Waals surface area contributed by atoms with Crippen LogP contribution >= 0.6 is 0 Å². The number of carbonyl (C=O) groups is 1. The Kier molecular flexibility index (Phi) is 5.43. The number of aryl methyl sites for hydroxylation is 2. The van der Waals surface area contributed by atoms with Gasteiger partial charge in [-0.2, -0.15) is 10.1 Å². The maximum Gasteiger partial charge on any atom is 0.252 e. The monoisotopic (exact) mass is 499 g/mol. The van der Waals surface area contributed by atoms with Crippen molar-refractivity contribution in [1.82, 2.24) is 29.4 Å². The smallest absolute Gasteiger partial charge is 0.252 e. The molecular weight excluding hydrogens is 466 g/mol. The Labute approximate surface area is 216 Å². The van der Waals surface area contributed by atoms with Gasteiger partial charge in [-0.3, -0.25) is 14.5 Å². The van der Waals surface area contributed by atoms with E-state index in [1.54, 1.807) is 11.1 Å². The van der Waals surface area contributed by atoms with Crippen molar-refractivity contribution in [3.8, 4) is 0 Å². The lowest BCUT2D eigenvalue weighted by Gasteiger charge is -2.37. The van der Waals surface area contributed by atoms with Gasteiger partial charge in [-0.1, -0.05) is 0 Å². The van der Waals surface area contributed by atoms with Gasteiger partial charge >= 0.3 is 0 Å². The molecule has 0 N–H and O–H groups in total. The lowest BCUT2D eigenvalue weighted by molar-refractivity contribution is -0.122. The molecule has 192 valence electrons. The van der Waals surface area contributed by atoms with Crippen LogP contribution in [0.15, 0.2) is 42.7 Å². The van der Waals surface area contributed by atoms with Crippen molar-refractivity contribution in [1.29, 1.82) is 0 Å². The molecule has 1 saturated heterocycles. The first-order chi connectivity index (χ1) is 17.8. The number of rotatable bonds is 6. The zero-order valence-corrected chi connectivity index (χ0v) is 22.1. The van der Waals surface area contributed by atoms with Gasteiger partial charge in [0.1, 0.15) is 11.1 Å². The Morgan fingerprint density at radius 1 is 1.16 bits per heavy atom. The van der Waals surface area contributed by atoms with E-state index in [2.05, 4.69) is 16.0 Å². The third-order valence-electron chi connectivity index (χ3n) is 7.85. The van der Waals surface area contributed by atoms with Crippen LogP contribution in [0.3, 0.4) is 0 Å². The third-order valence-corrected chi connectivity index (χ3v) is 7.85. The maximum absolute atomic E-state index is 13.9. The van der Waals surface area contributed by atoms with Crippen LogP contribution < -0.4 is 14.7 Å². The highest BCUT2D eigenvalue weighted by atomic mass is 16.2. The Morgan fingerprint density at radius 2 is 1.97 bits per heavy atom. The van der Waals surface area contributed by atoms with Crippen LogP contribution in [0.1, 0.15) is 49.9 Å². The molecule has 0 radical (unpaired) electrons. The van der Waals surface area contributed by atoms with Gasteiger partial charge in [0.05, 0.1) is 11.9 Å². The Bertz CT molecular complexity index is 1470. The molecule has 1 saturated carbocycles. The molecule has 0 bridgehead atoms. The third kappa shape index (κ3) is 3.91. The number of hydrogen-bond donors (Lipinski definition) is 0. The van der Waals surface area contributed by atoms with Crippen LogP contribution in [0.5, 0.6) is 0 Å². The van der Waals surface area contributed by atoms with E-state index in [1.807, 2.05) is 79.5 Å². The summed E-state index contributed by atoms with van der Waals surface area (Å²) >= 11 is 0. The van der Waals surface area contributed by atoms with Gasteiger partial charge in [-0.15, -0.1) is 5.10 Å². The fourth-order valence-corrected chi connectivity index (χ4v) is 5.41. The van der Waals surface area contributed by atoms with Gasteiger partial charge in [0, 0.05) is 57.3 Å². The number of amides is 1. The number of carbonyl (C=O) groups excluding carboxylic acids is 1. The fraction of sp³-hybridized carbons (Fsp3) is 0.444. The lowest BCUT2D eigenvalue weighted by Crippen LogP contribution is -2.55. The lowest BCUT2D eigenvalue weighted by atomic mass is 9.97. The molecule has 6 rings (SSSR count). The molecule has 0 aromatic carbocycles. The molecule has 0 spiro atoms. The number of pyridine rings is 1. The second-order valence-electron chi connectivity index (χ2n) is 10.5. The minimum absolute atomic E-state index is 0.000520. The van der Waals surface area contributed by atoms with Crippen LogP contribution in [-0.2, 0) is 11.8 Å². The Balaban J connectivity index is 1.37. The summed E-state index contributed by atoms with van der Waals surface area (Å²) in [6.45, 7) is 4.63. The van der Waals surface area contributed by atoms with Gasteiger partial charge in [-0.25, -0.2) is 4.52 Å². The number of likely N-dealkylation sites (N-methyl/N-ethyl adjacent to an activating group) is 1. The van der Waals surface area contributed by atoms with Crippen LogP contribution in [0.4, 0.5) is 23.3 Å². The van der Waals surface area contributed by atoms with E-state index in [-0.39, 0.29) is 5.91 Å². The largest absolute Gasteiger partial charge is 0.325 e. The average molecular weight is 500 g/mol. The van der Waals surface area contributed by atoms with E-state index < -0.39 is 5.54 Å². The zero-order valence-electron chi connectivity index (χ0n) is 22.1. The van der Waals surface area contributed by atoms with Crippen LogP contribution in [0, 0.1) is 6.92 Å². The van der Waals surface area contributed by atoms with Gasteiger partial charge in [0.15, 0.2) is 11.6 Å². The van der Waals surface area contributed by atoms with E-state index in [0.717, 1.165) is 41.4 Å². The quantitative estimate of drug-likeness (QED) is 0.398. The minimum atomic E-state index is -0.777. The molecule has 0 unspecified atom stereocenters. The van der Waals surface area contributed by atoms with Crippen LogP contribution in [0.2, 0.25) is 0 Å². The summed E-state index contributed by atoms with van der Waals surface area (Å²) in [5.41, 5.74) is 3.06. The van der Waals surface area contributed by atoms with Crippen molar-refractivity contribution in [2.24, 2.45) is 7.05 Å². The summed E-state index contributed by atoms with van der Waals surface area (Å²) < 4.78 is 3.82. The average Bonchev–Trinajstić information content (AvgIpc) is 3.29. The first-order valence-electron chi connectivity index (χ1n) is 12.9. The molecule has 4 aromatic heterocycles. The second-order valence-corrected chi connectivity index (χ2v) is 10.5. The molecule has 1 atom stereocenters. The van der Waals surface area contributed by atoms with Gasteiger partial charge in [-0.05, 0) is 63.8 Å². The first kappa shape index (κ1) is 23.4. The number of aromatic nitrogens is 6. The van der Waals surface area contributed by atoms with E-state index >= 15 is 0 Å². The second kappa shape index (κ2) is 8.57. The molecule has 1 aliphatic heterocycles. The Hall–Kier alpha value is -3.95. The number of hydrogen-bond acceptors (Lipinski definition) is 7. The number of nitrogens with zero attached hydrogens (tertiary/aromatic N) is 9. The molecule has 2 aliphatic rings. The highest BCUT2D eigenvalue weighted by molar-refractivity contribution is 6.01. The van der Waals surface area contributed by atoms with Crippen molar-refractivity contribution in [2.45, 2.75) is 51.0 Å². The molecular formula is C27H33N9O. The molecule has 37 heavy (non-hydrogen) atoms. The minimum Gasteiger partial charge on any atom is -0.325 e. The van der Waals surface area contributed by atoms with Gasteiger partial charge in [0.2, 0.25) is 5.95 Å². The normalized spacial score (nSPS) is 19.5. The fourth-order valence-electron chi connectivity index (χ4n) is 5.41. The zero-order chi connectivity index (χ0) is 25.9. The standard InChI is InChI=1S/C27H33N9O/c1-18-9-12-20(17-28-18)32(3)25(37)27(2)13-7-14-35(27)26-29-24(21-8-6-15-36(21)31-26)33(4)23-16-22(19-10-11-19)34(5)30-23/h6,8-9,12,15-17,19H,7,10-11,13-14H2,1-5H3/t27-/m0/s1. The van der Waals surface area contributed by atoms with Crippen molar-refractivity contribution in [3.05, 3.63) is 54.1 Å². The summed E-state index contributed by atoms with van der Waals surface area (Å²) in [5.74, 6) is 2.75. The van der Waals surface area contributed by atoms with E-state index in [9.17, 15) is 4.79 Å². The molecule has 5 heterocycles. The predicted octanol–water partition coefficient (Wildman–Crippen LogP) is 3.83. The molecule has 1 aliphatic carbocycles. The summed E-state index contributed by atoms with van der Waals surface area (Å²) in [4.78, 5) is 29.0. The summed E-state index contributed by atoms with van der Waals surface area (Å²) in [6, 6.07) is 9.98. The predicted molar refractivity (Wildman–Crippen MR) is 144 cm³/mol. The number of fused-ring (bicyclic) bond motifs is 1. The van der Waals surface area contributed by atoms with Gasteiger partial charge < -0.3 is 14.7 Å². The summed E-state index contributed by atoms with van der Waals surface area (Å²) in [6.07, 6.45) is 7.71. The van der Waals surface area contributed by atoms with Crippen molar-refractivity contribution < 1.29 is 4.79 Å². The maximum atomic E-state index is 13.9. The molecule has 2 fully saturated rings. The molecule has 1 amide bonds. The first-order valence-corrected chi connectivity index (χ1v) is 12.9. The van der Waals surface area contributed by atoms with E-state index in [4.69, 9.17) is 15.2 Å². The van der Waals surface area contributed by atoms with E-state index in [1.165, 1.54) is 18.5 Å². The summed E-state index contributed by atoms with van der Waals surface area (Å²) in [5, 5.41) is 9.61. The van der Waals surface area contributed by atoms with E-state index in [0.29, 0.717) is 18.4 Å². The van der Waals surface area contributed by atoms with Crippen LogP contribution in [0.25, 0.3) is 5.52 Å². The highest BCUT2D eigenvalue weighted by Gasteiger charge is 2.46. The van der Waals surface area contributed by atoms with Crippen molar-refractivity contribution >= 4 is 34.7 Å². The molecule has 10 heteroatoms. The highest BCUT2D eigenvalue weighted by Crippen LogP contribution is 2.42. The topological polar surface area (TPSA) is 87.7 Å². The van der Waals surface area contributed by atoms with Crippen LogP contribution in [-0.4, -0.2) is 61.4 Å². The van der Waals surface area contributed by atoms with Crippen molar-refractivity contribution in [2.75, 3.05) is 35.3 Å². The number of anilines is 4. The summed E-state index contributed by atoms with van der Waals surface area (Å²) in [7, 11) is 5.80.